The minimum absolute atomic E-state index is 0.244. The van der Waals surface area contributed by atoms with Crippen molar-refractivity contribution >= 4 is 14.3 Å². The molecule has 0 atom stereocenters. The van der Waals surface area contributed by atoms with Crippen molar-refractivity contribution in [2.75, 3.05) is 172 Å². The van der Waals surface area contributed by atoms with Gasteiger partial charge in [0.2, 0.25) is 0 Å². The lowest BCUT2D eigenvalue weighted by Gasteiger charge is -2.16. The molecule has 0 saturated carbocycles. The van der Waals surface area contributed by atoms with E-state index < -0.39 is 8.32 Å². The molecule has 282 valence electrons. The maximum atomic E-state index is 10.9. The molecule has 0 unspecified atom stereocenters. The zero-order chi connectivity index (χ0) is 34.4. The lowest BCUT2D eigenvalue weighted by atomic mass is 10.5. The highest BCUT2D eigenvalue weighted by molar-refractivity contribution is 6.69. The summed E-state index contributed by atoms with van der Waals surface area (Å²) in [6, 6.07) is 0. The van der Waals surface area contributed by atoms with E-state index in [9.17, 15) is 4.79 Å². The predicted molar refractivity (Wildman–Crippen MR) is 176 cm³/mol. The van der Waals surface area contributed by atoms with Crippen LogP contribution >= 0.6 is 0 Å². The molecule has 0 fully saturated rings. The topological polar surface area (TPSA) is 146 Å². The van der Waals surface area contributed by atoms with Gasteiger partial charge in [-0.3, -0.25) is 4.79 Å². The summed E-state index contributed by atoms with van der Waals surface area (Å²) in [6.45, 7) is 19.1. The minimum Gasteiger partial charge on any atom is -0.469 e. The summed E-state index contributed by atoms with van der Waals surface area (Å²) in [5.41, 5.74) is 0. The van der Waals surface area contributed by atoms with E-state index >= 15 is 0 Å². The third kappa shape index (κ3) is 43.1. The molecule has 0 rings (SSSR count). The van der Waals surface area contributed by atoms with E-state index in [4.69, 9.17) is 61.3 Å². The zero-order valence-corrected chi connectivity index (χ0v) is 30.5. The fourth-order valence-electron chi connectivity index (χ4n) is 3.19. The average molecular weight is 705 g/mol. The van der Waals surface area contributed by atoms with Crippen molar-refractivity contribution in [2.24, 2.45) is 0 Å². The van der Waals surface area contributed by atoms with Gasteiger partial charge >= 0.3 is 5.97 Å². The van der Waals surface area contributed by atoms with Crippen LogP contribution in [0.4, 0.5) is 0 Å². The lowest BCUT2D eigenvalue weighted by Crippen LogP contribution is -2.27. The standard InChI is InChI=1S/C31H64O15Si/c1-33-31(32)5-6-34-7-8-35-9-10-36-11-12-37-13-14-38-15-16-39-17-18-40-19-20-41-21-22-42-23-24-43-25-26-44-27-28-45-29-30-46-47(2,3)4/h5-30H2,1-4H3. The van der Waals surface area contributed by atoms with Crippen LogP contribution in [0.15, 0.2) is 0 Å². The second-order valence-electron chi connectivity index (χ2n) is 10.6. The van der Waals surface area contributed by atoms with Crippen molar-refractivity contribution in [3.05, 3.63) is 0 Å². The Morgan fingerprint density at radius 3 is 0.723 bits per heavy atom. The quantitative estimate of drug-likeness (QED) is 0.0517. The maximum absolute atomic E-state index is 10.9. The van der Waals surface area contributed by atoms with Gasteiger partial charge in [-0.25, -0.2) is 0 Å². The van der Waals surface area contributed by atoms with Crippen LogP contribution in [0.25, 0.3) is 0 Å². The molecule has 0 aromatic carbocycles. The fourth-order valence-corrected chi connectivity index (χ4v) is 3.88. The van der Waals surface area contributed by atoms with E-state index in [0.717, 1.165) is 0 Å². The Morgan fingerprint density at radius 1 is 0.340 bits per heavy atom. The third-order valence-corrected chi connectivity index (χ3v) is 6.60. The molecule has 0 radical (unpaired) electrons. The SMILES string of the molecule is COC(=O)CCOCCOCCOCCOCCOCCOCCOCCOCCOCCOCCOCCOCCO[Si](C)(C)C. The molecule has 16 heteroatoms. The number of ether oxygens (including phenoxy) is 13. The van der Waals surface area contributed by atoms with Gasteiger partial charge in [0.15, 0.2) is 8.32 Å². The van der Waals surface area contributed by atoms with E-state index in [-0.39, 0.29) is 12.4 Å². The Kier molecular flexibility index (Phi) is 37.3. The van der Waals surface area contributed by atoms with Crippen molar-refractivity contribution in [2.45, 2.75) is 26.1 Å². The lowest BCUT2D eigenvalue weighted by molar-refractivity contribution is -0.141. The zero-order valence-electron chi connectivity index (χ0n) is 29.5. The third-order valence-electron chi connectivity index (χ3n) is 5.53. The molecule has 0 heterocycles. The molecule has 47 heavy (non-hydrogen) atoms. The number of esters is 1. The van der Waals surface area contributed by atoms with Gasteiger partial charge in [-0.2, -0.15) is 0 Å². The van der Waals surface area contributed by atoms with Gasteiger partial charge in [0, 0.05) is 0 Å². The second-order valence-corrected chi connectivity index (χ2v) is 15.1. The summed E-state index contributed by atoms with van der Waals surface area (Å²) >= 11 is 0. The Balaban J connectivity index is 3.07. The molecule has 0 aromatic rings. The van der Waals surface area contributed by atoms with Gasteiger partial charge in [-0.15, -0.1) is 0 Å². The van der Waals surface area contributed by atoms with Gasteiger partial charge in [0.25, 0.3) is 0 Å². The van der Waals surface area contributed by atoms with E-state index in [1.807, 2.05) is 0 Å². The summed E-state index contributed by atoms with van der Waals surface area (Å²) in [6.07, 6.45) is 0.244. The average Bonchev–Trinajstić information content (AvgIpc) is 3.05. The van der Waals surface area contributed by atoms with Gasteiger partial charge in [-0.05, 0) is 19.6 Å². The van der Waals surface area contributed by atoms with Crippen molar-refractivity contribution in [3.63, 3.8) is 0 Å². The number of rotatable bonds is 40. The fraction of sp³-hybridized carbons (Fsp3) is 0.968. The smallest absolute Gasteiger partial charge is 0.307 e. The molecule has 0 aliphatic heterocycles. The van der Waals surface area contributed by atoms with Crippen molar-refractivity contribution in [1.29, 1.82) is 0 Å². The molecule has 0 spiro atoms. The molecule has 0 bridgehead atoms. The summed E-state index contributed by atoms with van der Waals surface area (Å²) in [4.78, 5) is 10.9. The number of hydrogen-bond donors (Lipinski definition) is 0. The van der Waals surface area contributed by atoms with E-state index in [1.54, 1.807) is 0 Å². The van der Waals surface area contributed by atoms with Gasteiger partial charge in [0.1, 0.15) is 0 Å². The van der Waals surface area contributed by atoms with Crippen LogP contribution in [0.2, 0.25) is 19.6 Å². The maximum Gasteiger partial charge on any atom is 0.307 e. The van der Waals surface area contributed by atoms with Crippen molar-refractivity contribution in [1.82, 2.24) is 0 Å². The number of methoxy groups -OCH3 is 1. The number of hydrogen-bond acceptors (Lipinski definition) is 15. The van der Waals surface area contributed by atoms with Crippen LogP contribution < -0.4 is 0 Å². The molecule has 0 saturated heterocycles. The monoisotopic (exact) mass is 704 g/mol. The van der Waals surface area contributed by atoms with Crippen LogP contribution in [-0.4, -0.2) is 187 Å². The Bertz CT molecular complexity index is 628. The summed E-state index contributed by atoms with van der Waals surface area (Å²) in [7, 11) is -0.102. The molecule has 0 amide bonds. The van der Waals surface area contributed by atoms with Crippen LogP contribution in [0.1, 0.15) is 6.42 Å². The van der Waals surface area contributed by atoms with E-state index in [2.05, 4.69) is 24.4 Å². The largest absolute Gasteiger partial charge is 0.469 e. The highest BCUT2D eigenvalue weighted by Gasteiger charge is 2.13. The van der Waals surface area contributed by atoms with Crippen molar-refractivity contribution in [3.8, 4) is 0 Å². The van der Waals surface area contributed by atoms with Crippen LogP contribution in [0.3, 0.4) is 0 Å². The predicted octanol–water partition coefficient (Wildman–Crippen LogP) is 1.60. The summed E-state index contributed by atoms with van der Waals surface area (Å²) in [5.74, 6) is -0.286. The van der Waals surface area contributed by atoms with E-state index in [0.29, 0.717) is 165 Å². The van der Waals surface area contributed by atoms with Crippen LogP contribution in [0, 0.1) is 0 Å². The van der Waals surface area contributed by atoms with Gasteiger partial charge in [-0.1, -0.05) is 0 Å². The van der Waals surface area contributed by atoms with Crippen LogP contribution in [-0.2, 0) is 70.8 Å². The summed E-state index contributed by atoms with van der Waals surface area (Å²) in [5, 5.41) is 0. The first-order valence-electron chi connectivity index (χ1n) is 16.6. The minimum atomic E-state index is -1.45. The molecular weight excluding hydrogens is 640 g/mol. The first-order chi connectivity index (χ1) is 23.0. The van der Waals surface area contributed by atoms with Gasteiger partial charge in [0.05, 0.1) is 179 Å². The molecule has 15 nitrogen and oxygen atoms in total. The van der Waals surface area contributed by atoms with E-state index in [1.165, 1.54) is 7.11 Å². The highest BCUT2D eigenvalue weighted by atomic mass is 28.4. The number of carbonyl (C=O) groups excluding carboxylic acids is 1. The Hall–Kier alpha value is -0.833. The molecule has 0 aliphatic carbocycles. The first-order valence-corrected chi connectivity index (χ1v) is 20.0. The normalized spacial score (nSPS) is 11.8. The molecule has 0 aromatic heterocycles. The second kappa shape index (κ2) is 38.0. The summed E-state index contributed by atoms with van der Waals surface area (Å²) < 4.78 is 75.5. The first kappa shape index (κ1) is 46.2. The van der Waals surface area contributed by atoms with Crippen molar-refractivity contribution < 1.29 is 70.8 Å². The highest BCUT2D eigenvalue weighted by Crippen LogP contribution is 2.01. The Morgan fingerprint density at radius 2 is 0.532 bits per heavy atom. The molecular formula is C31H64O15Si. The van der Waals surface area contributed by atoms with Gasteiger partial charge < -0.3 is 66.0 Å². The number of carbonyl (C=O) groups is 1. The van der Waals surface area contributed by atoms with Crippen LogP contribution in [0.5, 0.6) is 0 Å². The molecule has 0 aliphatic rings. The molecule has 0 N–H and O–H groups in total. The Labute approximate surface area is 283 Å².